The Labute approximate surface area is 147 Å². The van der Waals surface area contributed by atoms with Crippen LogP contribution in [-0.4, -0.2) is 14.2 Å². The molecular formula is C20H20FNO2S. The first kappa shape index (κ1) is 17.6. The molecule has 0 bridgehead atoms. The minimum atomic E-state index is -3.51. The largest absolute Gasteiger partial charge is 0.212 e. The van der Waals surface area contributed by atoms with Gasteiger partial charge < -0.3 is 0 Å². The molecule has 0 saturated carbocycles. The minimum absolute atomic E-state index is 0.0419. The van der Waals surface area contributed by atoms with Crippen LogP contribution in [0.5, 0.6) is 0 Å². The Hall–Kier alpha value is -2.24. The van der Waals surface area contributed by atoms with Crippen LogP contribution in [0.3, 0.4) is 0 Å². The van der Waals surface area contributed by atoms with Gasteiger partial charge in [0, 0.05) is 12.1 Å². The highest BCUT2D eigenvalue weighted by atomic mass is 32.2. The van der Waals surface area contributed by atoms with E-state index in [-0.39, 0.29) is 18.2 Å². The molecule has 1 unspecified atom stereocenters. The zero-order valence-corrected chi connectivity index (χ0v) is 14.8. The Morgan fingerprint density at radius 2 is 1.64 bits per heavy atom. The summed E-state index contributed by atoms with van der Waals surface area (Å²) >= 11 is 0. The molecular weight excluding hydrogens is 337 g/mol. The summed E-state index contributed by atoms with van der Waals surface area (Å²) in [6.45, 7) is 1.84. The summed E-state index contributed by atoms with van der Waals surface area (Å²) in [6, 6.07) is 20.1. The summed E-state index contributed by atoms with van der Waals surface area (Å²) in [5.74, 6) is -0.615. The van der Waals surface area contributed by atoms with E-state index in [0.717, 1.165) is 16.3 Å². The highest BCUT2D eigenvalue weighted by Gasteiger charge is 2.17. The Balaban J connectivity index is 1.69. The second kappa shape index (κ2) is 7.33. The van der Waals surface area contributed by atoms with Crippen LogP contribution in [0.4, 0.5) is 4.39 Å². The zero-order valence-electron chi connectivity index (χ0n) is 13.9. The Morgan fingerprint density at radius 3 is 2.40 bits per heavy atom. The topological polar surface area (TPSA) is 46.2 Å². The molecule has 3 aromatic rings. The van der Waals surface area contributed by atoms with Crippen molar-refractivity contribution in [3.05, 3.63) is 83.7 Å². The zero-order chi connectivity index (χ0) is 17.9. The van der Waals surface area contributed by atoms with Crippen molar-refractivity contribution in [3.8, 4) is 0 Å². The first-order valence-corrected chi connectivity index (χ1v) is 9.79. The summed E-state index contributed by atoms with van der Waals surface area (Å²) in [5, 5.41) is 2.21. The van der Waals surface area contributed by atoms with Gasteiger partial charge in [0.2, 0.25) is 10.0 Å². The molecule has 0 radical (unpaired) electrons. The van der Waals surface area contributed by atoms with Gasteiger partial charge in [-0.15, -0.1) is 0 Å². The maximum Gasteiger partial charge on any atom is 0.212 e. The second-order valence-corrected chi connectivity index (χ2v) is 8.05. The molecule has 0 heterocycles. The van der Waals surface area contributed by atoms with Gasteiger partial charge in [-0.2, -0.15) is 0 Å². The molecule has 1 atom stereocenters. The third-order valence-corrected chi connectivity index (χ3v) is 5.78. The molecule has 0 aliphatic rings. The fraction of sp³-hybridized carbons (Fsp3) is 0.200. The van der Waals surface area contributed by atoms with Crippen LogP contribution in [0, 0.1) is 5.82 Å². The molecule has 0 saturated heterocycles. The number of hydrogen-bond acceptors (Lipinski definition) is 2. The smallest absolute Gasteiger partial charge is 0.212 e. The van der Waals surface area contributed by atoms with Crippen LogP contribution < -0.4 is 4.72 Å². The van der Waals surface area contributed by atoms with E-state index in [0.29, 0.717) is 5.56 Å². The first-order valence-electron chi connectivity index (χ1n) is 8.14. The molecule has 130 valence electrons. The summed E-state index contributed by atoms with van der Waals surface area (Å²) in [7, 11) is -3.51. The van der Waals surface area contributed by atoms with Crippen LogP contribution >= 0.6 is 0 Å². The maximum atomic E-state index is 13.6. The van der Waals surface area contributed by atoms with Crippen molar-refractivity contribution in [2.24, 2.45) is 0 Å². The number of hydrogen-bond donors (Lipinski definition) is 1. The summed E-state index contributed by atoms with van der Waals surface area (Å²) in [6.07, 6.45) is 0. The van der Waals surface area contributed by atoms with Crippen molar-refractivity contribution < 1.29 is 12.8 Å². The molecule has 3 nitrogen and oxygen atoms in total. The van der Waals surface area contributed by atoms with Crippen LogP contribution in [0.15, 0.2) is 66.7 Å². The van der Waals surface area contributed by atoms with Crippen LogP contribution in [-0.2, 0) is 16.6 Å². The maximum absolute atomic E-state index is 13.6. The van der Waals surface area contributed by atoms with Gasteiger partial charge in [-0.1, -0.05) is 67.6 Å². The minimum Gasteiger partial charge on any atom is -0.212 e. The van der Waals surface area contributed by atoms with Crippen molar-refractivity contribution >= 4 is 20.8 Å². The molecule has 3 aromatic carbocycles. The Kier molecular flexibility index (Phi) is 5.16. The van der Waals surface area contributed by atoms with E-state index in [9.17, 15) is 12.8 Å². The summed E-state index contributed by atoms with van der Waals surface area (Å²) < 4.78 is 40.7. The number of fused-ring (bicyclic) bond motifs is 1. The fourth-order valence-corrected chi connectivity index (χ4v) is 4.17. The van der Waals surface area contributed by atoms with Gasteiger partial charge in [0.05, 0.1) is 5.75 Å². The Morgan fingerprint density at radius 1 is 0.960 bits per heavy atom. The average Bonchev–Trinajstić information content (AvgIpc) is 2.60. The predicted molar refractivity (Wildman–Crippen MR) is 99.4 cm³/mol. The quantitative estimate of drug-likeness (QED) is 0.719. The lowest BCUT2D eigenvalue weighted by atomic mass is 9.99. The lowest BCUT2D eigenvalue weighted by Gasteiger charge is -2.14. The van der Waals surface area contributed by atoms with Crippen molar-refractivity contribution in [2.45, 2.75) is 19.4 Å². The number of halogens is 1. The van der Waals surface area contributed by atoms with Crippen molar-refractivity contribution in [3.63, 3.8) is 0 Å². The SMILES string of the molecule is CC(CS(=O)(=O)NCc1ccccc1F)c1ccc2ccccc2c1. The van der Waals surface area contributed by atoms with Crippen LogP contribution in [0.2, 0.25) is 0 Å². The van der Waals surface area contributed by atoms with Gasteiger partial charge in [-0.25, -0.2) is 17.5 Å². The van der Waals surface area contributed by atoms with Gasteiger partial charge in [0.15, 0.2) is 0 Å². The van der Waals surface area contributed by atoms with Crippen LogP contribution in [0.1, 0.15) is 24.0 Å². The van der Waals surface area contributed by atoms with Gasteiger partial charge in [0.1, 0.15) is 5.82 Å². The van der Waals surface area contributed by atoms with E-state index < -0.39 is 15.8 Å². The number of rotatable bonds is 6. The number of benzene rings is 3. The molecule has 0 aliphatic carbocycles. The molecule has 3 rings (SSSR count). The molecule has 0 spiro atoms. The van der Waals surface area contributed by atoms with E-state index in [1.54, 1.807) is 18.2 Å². The lowest BCUT2D eigenvalue weighted by Crippen LogP contribution is -2.28. The molecule has 0 aliphatic heterocycles. The standard InChI is InChI=1S/C20H20FNO2S/c1-15(17-11-10-16-6-2-3-7-18(16)12-17)14-25(23,24)22-13-19-8-4-5-9-20(19)21/h2-12,15,22H,13-14H2,1H3. The molecule has 5 heteroatoms. The van der Waals surface area contributed by atoms with Gasteiger partial charge in [0.25, 0.3) is 0 Å². The lowest BCUT2D eigenvalue weighted by molar-refractivity contribution is 0.569. The molecule has 0 fully saturated rings. The van der Waals surface area contributed by atoms with E-state index >= 15 is 0 Å². The van der Waals surface area contributed by atoms with Gasteiger partial charge in [-0.05, 0) is 28.3 Å². The fourth-order valence-electron chi connectivity index (χ4n) is 2.83. The van der Waals surface area contributed by atoms with E-state index in [2.05, 4.69) is 4.72 Å². The van der Waals surface area contributed by atoms with E-state index in [1.807, 2.05) is 49.4 Å². The average molecular weight is 357 g/mol. The van der Waals surface area contributed by atoms with E-state index in [1.165, 1.54) is 6.07 Å². The van der Waals surface area contributed by atoms with E-state index in [4.69, 9.17) is 0 Å². The summed E-state index contributed by atoms with van der Waals surface area (Å²) in [4.78, 5) is 0. The monoisotopic (exact) mass is 357 g/mol. The van der Waals surface area contributed by atoms with Gasteiger partial charge in [-0.3, -0.25) is 0 Å². The third-order valence-electron chi connectivity index (χ3n) is 4.25. The number of nitrogens with one attached hydrogen (secondary N) is 1. The molecule has 25 heavy (non-hydrogen) atoms. The third kappa shape index (κ3) is 4.44. The molecule has 1 N–H and O–H groups in total. The Bertz CT molecular complexity index is 986. The molecule has 0 aromatic heterocycles. The molecule has 0 amide bonds. The normalized spacial score (nSPS) is 13.0. The van der Waals surface area contributed by atoms with Crippen LogP contribution in [0.25, 0.3) is 10.8 Å². The highest BCUT2D eigenvalue weighted by molar-refractivity contribution is 7.89. The highest BCUT2D eigenvalue weighted by Crippen LogP contribution is 2.22. The predicted octanol–water partition coefficient (Wildman–Crippen LogP) is 4.20. The second-order valence-electron chi connectivity index (χ2n) is 6.20. The van der Waals surface area contributed by atoms with Crippen molar-refractivity contribution in [1.29, 1.82) is 0 Å². The number of sulfonamides is 1. The summed E-state index contributed by atoms with van der Waals surface area (Å²) in [5.41, 5.74) is 1.30. The van der Waals surface area contributed by atoms with Crippen molar-refractivity contribution in [1.82, 2.24) is 4.72 Å². The van der Waals surface area contributed by atoms with Gasteiger partial charge >= 0.3 is 0 Å². The van der Waals surface area contributed by atoms with Crippen molar-refractivity contribution in [2.75, 3.05) is 5.75 Å². The first-order chi connectivity index (χ1) is 11.9.